The van der Waals surface area contributed by atoms with Crippen molar-refractivity contribution in [1.29, 1.82) is 0 Å². The number of rotatable bonds is 8. The van der Waals surface area contributed by atoms with Crippen LogP contribution in [-0.2, 0) is 12.8 Å². The first kappa shape index (κ1) is 20.7. The summed E-state index contributed by atoms with van der Waals surface area (Å²) in [5.41, 5.74) is 9.56. The zero-order chi connectivity index (χ0) is 20.3. The van der Waals surface area contributed by atoms with E-state index in [-0.39, 0.29) is 5.54 Å². The lowest BCUT2D eigenvalue weighted by Gasteiger charge is -2.31. The van der Waals surface area contributed by atoms with Gasteiger partial charge in [-0.3, -0.25) is 0 Å². The van der Waals surface area contributed by atoms with Crippen molar-refractivity contribution in [2.45, 2.75) is 71.8 Å². The van der Waals surface area contributed by atoms with Crippen LogP contribution in [0.5, 0.6) is 0 Å². The zero-order valence-corrected chi connectivity index (χ0v) is 18.1. The normalized spacial score (nSPS) is 12.5. The van der Waals surface area contributed by atoms with Gasteiger partial charge in [0.25, 0.3) is 0 Å². The molecule has 152 valence electrons. The van der Waals surface area contributed by atoms with Gasteiger partial charge >= 0.3 is 0 Å². The van der Waals surface area contributed by atoms with Gasteiger partial charge in [0.15, 0.2) is 0 Å². The molecule has 4 nitrogen and oxygen atoms in total. The van der Waals surface area contributed by atoms with Crippen molar-refractivity contribution in [3.63, 3.8) is 0 Å². The summed E-state index contributed by atoms with van der Waals surface area (Å²) in [4.78, 5) is 7.01. The van der Waals surface area contributed by atoms with Gasteiger partial charge in [-0.05, 0) is 83.8 Å². The van der Waals surface area contributed by atoms with E-state index in [0.29, 0.717) is 5.82 Å². The molecule has 3 aromatic rings. The second-order valence-corrected chi connectivity index (χ2v) is 8.96. The van der Waals surface area contributed by atoms with Crippen molar-refractivity contribution in [2.24, 2.45) is 0 Å². The van der Waals surface area contributed by atoms with Crippen molar-refractivity contribution in [1.82, 2.24) is 9.88 Å². The number of furan rings is 1. The summed E-state index contributed by atoms with van der Waals surface area (Å²) in [7, 11) is 2.21. The maximum Gasteiger partial charge on any atom is 0.147 e. The SMILES string of the molecule is CCCc1cc2c(N)nc3ccc(CCCCCN(C)C(C)(C)C)cc3c2o1. The average Bonchev–Trinajstić information content (AvgIpc) is 3.06. The summed E-state index contributed by atoms with van der Waals surface area (Å²) >= 11 is 0. The van der Waals surface area contributed by atoms with Gasteiger partial charge in [0.05, 0.1) is 10.9 Å². The van der Waals surface area contributed by atoms with E-state index >= 15 is 0 Å². The lowest BCUT2D eigenvalue weighted by atomic mass is 10.0. The molecule has 0 radical (unpaired) electrons. The van der Waals surface area contributed by atoms with Gasteiger partial charge in [-0.1, -0.05) is 19.4 Å². The lowest BCUT2D eigenvalue weighted by molar-refractivity contribution is 0.172. The first-order valence-electron chi connectivity index (χ1n) is 10.6. The molecule has 0 atom stereocenters. The minimum absolute atomic E-state index is 0.248. The first-order valence-corrected chi connectivity index (χ1v) is 10.6. The highest BCUT2D eigenvalue weighted by Crippen LogP contribution is 2.32. The number of nitrogen functional groups attached to an aromatic ring is 1. The molecule has 0 amide bonds. The Hall–Kier alpha value is -2.07. The van der Waals surface area contributed by atoms with Crippen molar-refractivity contribution in [3.8, 4) is 0 Å². The summed E-state index contributed by atoms with van der Waals surface area (Å²) in [6, 6.07) is 8.55. The molecular weight excluding hydrogens is 346 g/mol. The molecule has 4 heteroatoms. The van der Waals surface area contributed by atoms with Gasteiger partial charge in [0.1, 0.15) is 17.2 Å². The summed E-state index contributed by atoms with van der Waals surface area (Å²) in [5, 5.41) is 2.02. The first-order chi connectivity index (χ1) is 13.3. The van der Waals surface area contributed by atoms with Crippen molar-refractivity contribution >= 4 is 27.7 Å². The molecule has 0 spiro atoms. The van der Waals surface area contributed by atoms with Gasteiger partial charge in [0.2, 0.25) is 0 Å². The maximum atomic E-state index is 6.16. The van der Waals surface area contributed by atoms with E-state index in [1.807, 2.05) is 0 Å². The number of anilines is 1. The largest absolute Gasteiger partial charge is 0.460 e. The number of hydrogen-bond donors (Lipinski definition) is 1. The Bertz CT molecular complexity index is 936. The molecule has 2 heterocycles. The number of nitrogens with zero attached hydrogens (tertiary/aromatic N) is 2. The summed E-state index contributed by atoms with van der Waals surface area (Å²) in [6.07, 6.45) is 6.76. The predicted molar refractivity (Wildman–Crippen MR) is 120 cm³/mol. The third kappa shape index (κ3) is 4.67. The van der Waals surface area contributed by atoms with Crippen LogP contribution in [-0.4, -0.2) is 29.0 Å². The van der Waals surface area contributed by atoms with Crippen LogP contribution in [0.1, 0.15) is 64.7 Å². The van der Waals surface area contributed by atoms with Gasteiger partial charge in [-0.2, -0.15) is 0 Å². The van der Waals surface area contributed by atoms with Crippen LogP contribution in [0, 0.1) is 0 Å². The number of hydrogen-bond acceptors (Lipinski definition) is 4. The van der Waals surface area contributed by atoms with E-state index in [0.717, 1.165) is 53.4 Å². The Balaban J connectivity index is 1.69. The Morgan fingerprint density at radius 1 is 1.04 bits per heavy atom. The topological polar surface area (TPSA) is 55.3 Å². The number of aromatic nitrogens is 1. The fraction of sp³-hybridized carbons (Fsp3) is 0.542. The van der Waals surface area contributed by atoms with Crippen LogP contribution in [0.2, 0.25) is 0 Å². The number of fused-ring (bicyclic) bond motifs is 3. The second-order valence-electron chi connectivity index (χ2n) is 8.96. The van der Waals surface area contributed by atoms with E-state index in [1.54, 1.807) is 0 Å². The molecule has 2 N–H and O–H groups in total. The molecule has 0 aliphatic rings. The molecule has 0 saturated heterocycles. The van der Waals surface area contributed by atoms with Crippen molar-refractivity contribution < 1.29 is 4.42 Å². The molecule has 1 aromatic carbocycles. The molecule has 0 aliphatic carbocycles. The number of aryl methyl sites for hydroxylation is 2. The van der Waals surface area contributed by atoms with Gasteiger partial charge in [-0.25, -0.2) is 4.98 Å². The zero-order valence-electron chi connectivity index (χ0n) is 18.1. The summed E-state index contributed by atoms with van der Waals surface area (Å²) in [6.45, 7) is 10.1. The molecular formula is C24H35N3O. The Kier molecular flexibility index (Phi) is 6.29. The lowest BCUT2D eigenvalue weighted by Crippen LogP contribution is -2.38. The smallest absolute Gasteiger partial charge is 0.147 e. The maximum absolute atomic E-state index is 6.16. The number of pyridine rings is 1. The van der Waals surface area contributed by atoms with Crippen LogP contribution in [0.15, 0.2) is 28.7 Å². The monoisotopic (exact) mass is 381 g/mol. The van der Waals surface area contributed by atoms with Crippen LogP contribution < -0.4 is 5.73 Å². The molecule has 0 saturated carbocycles. The van der Waals surface area contributed by atoms with E-state index in [1.165, 1.54) is 24.8 Å². The fourth-order valence-electron chi connectivity index (χ4n) is 3.60. The molecule has 0 bridgehead atoms. The Morgan fingerprint density at radius 2 is 1.82 bits per heavy atom. The minimum Gasteiger partial charge on any atom is -0.460 e. The molecule has 0 aliphatic heterocycles. The summed E-state index contributed by atoms with van der Waals surface area (Å²) < 4.78 is 6.13. The van der Waals surface area contributed by atoms with Gasteiger partial charge < -0.3 is 15.1 Å². The second kappa shape index (κ2) is 8.52. The number of benzene rings is 1. The van der Waals surface area contributed by atoms with E-state index in [4.69, 9.17) is 10.2 Å². The average molecular weight is 382 g/mol. The highest BCUT2D eigenvalue weighted by atomic mass is 16.3. The van der Waals surface area contributed by atoms with Crippen LogP contribution in [0.3, 0.4) is 0 Å². The van der Waals surface area contributed by atoms with Crippen molar-refractivity contribution in [3.05, 3.63) is 35.6 Å². The van der Waals surface area contributed by atoms with E-state index in [2.05, 4.69) is 68.9 Å². The highest BCUT2D eigenvalue weighted by molar-refractivity contribution is 6.07. The molecule has 2 aromatic heterocycles. The minimum atomic E-state index is 0.248. The van der Waals surface area contributed by atoms with Gasteiger partial charge in [-0.15, -0.1) is 0 Å². The van der Waals surface area contributed by atoms with Crippen molar-refractivity contribution in [2.75, 3.05) is 19.3 Å². The Morgan fingerprint density at radius 3 is 2.54 bits per heavy atom. The quantitative estimate of drug-likeness (QED) is 0.489. The van der Waals surface area contributed by atoms with E-state index < -0.39 is 0 Å². The van der Waals surface area contributed by atoms with Crippen LogP contribution in [0.4, 0.5) is 5.82 Å². The molecule has 0 unspecified atom stereocenters. The standard InChI is InChI=1S/C24H35N3O/c1-6-10-18-16-20-22(28-18)19-15-17(12-13-21(19)26-23(20)25)11-8-7-9-14-27(5)24(2,3)4/h12-13,15-16H,6-11,14H2,1-5H3,(H2,25,26). The highest BCUT2D eigenvalue weighted by Gasteiger charge is 2.16. The van der Waals surface area contributed by atoms with Gasteiger partial charge in [0, 0.05) is 17.3 Å². The number of unbranched alkanes of at least 4 members (excludes halogenated alkanes) is 2. The Labute approximate surface area is 169 Å². The van der Waals surface area contributed by atoms with E-state index in [9.17, 15) is 0 Å². The third-order valence-corrected chi connectivity index (χ3v) is 5.71. The molecule has 3 rings (SSSR count). The number of nitrogens with two attached hydrogens (primary N) is 1. The predicted octanol–water partition coefficient (Wildman–Crippen LogP) is 5.96. The summed E-state index contributed by atoms with van der Waals surface area (Å²) in [5.74, 6) is 1.55. The molecule has 28 heavy (non-hydrogen) atoms. The van der Waals surface area contributed by atoms with Crippen LogP contribution in [0.25, 0.3) is 21.9 Å². The van der Waals surface area contributed by atoms with Crippen LogP contribution >= 0.6 is 0 Å². The molecule has 0 fully saturated rings. The fourth-order valence-corrected chi connectivity index (χ4v) is 3.60. The third-order valence-electron chi connectivity index (χ3n) is 5.71.